The zero-order valence-electron chi connectivity index (χ0n) is 13.9. The molecule has 24 heavy (non-hydrogen) atoms. The van der Waals surface area contributed by atoms with Crippen molar-refractivity contribution in [2.24, 2.45) is 5.92 Å². The molecule has 0 spiro atoms. The molecule has 2 heterocycles. The van der Waals surface area contributed by atoms with E-state index in [1.54, 1.807) is 4.90 Å². The van der Waals surface area contributed by atoms with E-state index in [-0.39, 0.29) is 35.8 Å². The van der Waals surface area contributed by atoms with E-state index in [2.05, 4.69) is 5.32 Å². The molecule has 2 aliphatic rings. The summed E-state index contributed by atoms with van der Waals surface area (Å²) in [4.78, 5) is 26.3. The molecule has 2 aliphatic heterocycles. The van der Waals surface area contributed by atoms with Crippen molar-refractivity contribution in [1.82, 2.24) is 4.90 Å². The molecule has 2 amide bonds. The van der Waals surface area contributed by atoms with Crippen molar-refractivity contribution in [2.45, 2.75) is 32.7 Å². The third-order valence-corrected chi connectivity index (χ3v) is 6.79. The number of likely N-dealkylation sites (tertiary alicyclic amines) is 1. The van der Waals surface area contributed by atoms with Gasteiger partial charge >= 0.3 is 0 Å². The van der Waals surface area contributed by atoms with Gasteiger partial charge in [0, 0.05) is 24.7 Å². The maximum atomic E-state index is 12.5. The molecule has 1 aromatic rings. The van der Waals surface area contributed by atoms with Crippen molar-refractivity contribution in [2.75, 3.05) is 23.4 Å². The molecule has 2 saturated heterocycles. The standard InChI is InChI=1S/C17H22N2O4S/c1-11-4-3-5-15(12(11)2)18-17(21)13-8-16(20)19(9-13)14-6-7-24(22,23)10-14/h3-5,13-14H,6-10H2,1-2H3,(H,18,21). The maximum absolute atomic E-state index is 12.5. The monoisotopic (exact) mass is 350 g/mol. The van der Waals surface area contributed by atoms with Gasteiger partial charge in [-0.25, -0.2) is 8.42 Å². The van der Waals surface area contributed by atoms with Crippen LogP contribution in [-0.4, -0.2) is 49.2 Å². The highest BCUT2D eigenvalue weighted by atomic mass is 32.2. The lowest BCUT2D eigenvalue weighted by molar-refractivity contribution is -0.129. The Labute approximate surface area is 142 Å². The molecule has 7 heteroatoms. The minimum absolute atomic E-state index is 0.0179. The predicted molar refractivity (Wildman–Crippen MR) is 91.4 cm³/mol. The lowest BCUT2D eigenvalue weighted by Gasteiger charge is -2.23. The van der Waals surface area contributed by atoms with Gasteiger partial charge in [0.05, 0.1) is 17.4 Å². The summed E-state index contributed by atoms with van der Waals surface area (Å²) in [7, 11) is -3.05. The van der Waals surface area contributed by atoms with Gasteiger partial charge in [-0.15, -0.1) is 0 Å². The van der Waals surface area contributed by atoms with Crippen LogP contribution in [0, 0.1) is 19.8 Å². The quantitative estimate of drug-likeness (QED) is 0.890. The first-order chi connectivity index (χ1) is 11.3. The fraction of sp³-hybridized carbons (Fsp3) is 0.529. The van der Waals surface area contributed by atoms with Gasteiger partial charge < -0.3 is 10.2 Å². The molecule has 2 fully saturated rings. The topological polar surface area (TPSA) is 83.6 Å². The average molecular weight is 350 g/mol. The molecule has 130 valence electrons. The number of rotatable bonds is 3. The van der Waals surface area contributed by atoms with Crippen LogP contribution in [0.2, 0.25) is 0 Å². The number of nitrogens with one attached hydrogen (secondary N) is 1. The van der Waals surface area contributed by atoms with E-state index in [1.165, 1.54) is 0 Å². The zero-order chi connectivity index (χ0) is 17.5. The summed E-state index contributed by atoms with van der Waals surface area (Å²) in [5.41, 5.74) is 2.86. The largest absolute Gasteiger partial charge is 0.338 e. The molecule has 2 atom stereocenters. The summed E-state index contributed by atoms with van der Waals surface area (Å²) in [5, 5.41) is 2.90. The van der Waals surface area contributed by atoms with Crippen LogP contribution in [0.25, 0.3) is 0 Å². The van der Waals surface area contributed by atoms with Gasteiger partial charge in [-0.3, -0.25) is 9.59 Å². The van der Waals surface area contributed by atoms with Gasteiger partial charge in [0.25, 0.3) is 0 Å². The van der Waals surface area contributed by atoms with E-state index in [1.807, 2.05) is 32.0 Å². The number of hydrogen-bond donors (Lipinski definition) is 1. The van der Waals surface area contributed by atoms with Crippen molar-refractivity contribution >= 4 is 27.3 Å². The molecule has 1 N–H and O–H groups in total. The van der Waals surface area contributed by atoms with Gasteiger partial charge in [0.15, 0.2) is 9.84 Å². The summed E-state index contributed by atoms with van der Waals surface area (Å²) >= 11 is 0. The summed E-state index contributed by atoms with van der Waals surface area (Å²) in [6, 6.07) is 5.43. The highest BCUT2D eigenvalue weighted by Crippen LogP contribution is 2.27. The van der Waals surface area contributed by atoms with Gasteiger partial charge in [0.1, 0.15) is 0 Å². The van der Waals surface area contributed by atoms with Crippen molar-refractivity contribution in [1.29, 1.82) is 0 Å². The molecule has 0 aromatic heterocycles. The van der Waals surface area contributed by atoms with E-state index < -0.39 is 15.8 Å². The number of hydrogen-bond acceptors (Lipinski definition) is 4. The normalized spacial score (nSPS) is 25.9. The number of nitrogens with zero attached hydrogens (tertiary/aromatic N) is 1. The summed E-state index contributed by atoms with van der Waals surface area (Å²) in [6.07, 6.45) is 0.618. The Hall–Kier alpha value is -1.89. The van der Waals surface area contributed by atoms with Gasteiger partial charge in [-0.05, 0) is 37.5 Å². The van der Waals surface area contributed by atoms with Crippen molar-refractivity contribution in [3.05, 3.63) is 29.3 Å². The van der Waals surface area contributed by atoms with E-state index in [4.69, 9.17) is 0 Å². The Balaban J connectivity index is 1.67. The highest BCUT2D eigenvalue weighted by Gasteiger charge is 2.41. The van der Waals surface area contributed by atoms with Crippen LogP contribution in [-0.2, 0) is 19.4 Å². The second-order valence-corrected chi connectivity index (χ2v) is 8.97. The van der Waals surface area contributed by atoms with Gasteiger partial charge in [-0.1, -0.05) is 12.1 Å². The Morgan fingerprint density at radius 2 is 2.04 bits per heavy atom. The van der Waals surface area contributed by atoms with Crippen molar-refractivity contribution < 1.29 is 18.0 Å². The number of benzene rings is 1. The number of sulfone groups is 1. The van der Waals surface area contributed by atoms with Crippen LogP contribution in [0.15, 0.2) is 18.2 Å². The molecule has 3 rings (SSSR count). The first-order valence-corrected chi connectivity index (χ1v) is 9.96. The molecule has 1 aromatic carbocycles. The van der Waals surface area contributed by atoms with Gasteiger partial charge in [0.2, 0.25) is 11.8 Å². The van der Waals surface area contributed by atoms with Crippen LogP contribution >= 0.6 is 0 Å². The Bertz CT molecular complexity index is 788. The van der Waals surface area contributed by atoms with E-state index in [0.29, 0.717) is 13.0 Å². The first kappa shape index (κ1) is 17.0. The van der Waals surface area contributed by atoms with Crippen molar-refractivity contribution in [3.8, 4) is 0 Å². The van der Waals surface area contributed by atoms with Crippen LogP contribution in [0.4, 0.5) is 5.69 Å². The lowest BCUT2D eigenvalue weighted by Crippen LogP contribution is -2.38. The van der Waals surface area contributed by atoms with Crippen molar-refractivity contribution in [3.63, 3.8) is 0 Å². The van der Waals surface area contributed by atoms with E-state index in [0.717, 1.165) is 16.8 Å². The smallest absolute Gasteiger partial charge is 0.229 e. The van der Waals surface area contributed by atoms with Gasteiger partial charge in [-0.2, -0.15) is 0 Å². The van der Waals surface area contributed by atoms with E-state index >= 15 is 0 Å². The summed E-state index contributed by atoms with van der Waals surface area (Å²) in [6.45, 7) is 4.22. The molecular weight excluding hydrogens is 328 g/mol. The molecular formula is C17H22N2O4S. The molecule has 2 unspecified atom stereocenters. The molecule has 0 saturated carbocycles. The third kappa shape index (κ3) is 3.31. The van der Waals surface area contributed by atoms with Crippen LogP contribution in [0.5, 0.6) is 0 Å². The number of anilines is 1. The zero-order valence-corrected chi connectivity index (χ0v) is 14.7. The Morgan fingerprint density at radius 1 is 1.29 bits per heavy atom. The summed E-state index contributed by atoms with van der Waals surface area (Å²) in [5.74, 6) is -0.593. The molecule has 6 nitrogen and oxygen atoms in total. The number of carbonyl (C=O) groups is 2. The predicted octanol–water partition coefficient (Wildman–Crippen LogP) is 1.28. The number of amides is 2. The SMILES string of the molecule is Cc1cccc(NC(=O)C2CC(=O)N(C3CCS(=O)(=O)C3)C2)c1C. The first-order valence-electron chi connectivity index (χ1n) is 8.14. The molecule has 0 bridgehead atoms. The van der Waals surface area contributed by atoms with E-state index in [9.17, 15) is 18.0 Å². The third-order valence-electron chi connectivity index (χ3n) is 5.04. The van der Waals surface area contributed by atoms with Crippen LogP contribution < -0.4 is 5.32 Å². The molecule has 0 radical (unpaired) electrons. The fourth-order valence-electron chi connectivity index (χ4n) is 3.40. The van der Waals surface area contributed by atoms with Crippen LogP contribution in [0.1, 0.15) is 24.0 Å². The second-order valence-electron chi connectivity index (χ2n) is 6.74. The molecule has 0 aliphatic carbocycles. The minimum Gasteiger partial charge on any atom is -0.338 e. The minimum atomic E-state index is -3.05. The Kier molecular flexibility index (Phi) is 4.38. The second kappa shape index (κ2) is 6.20. The van der Waals surface area contributed by atoms with Crippen LogP contribution in [0.3, 0.4) is 0 Å². The lowest BCUT2D eigenvalue weighted by atomic mass is 10.1. The summed E-state index contributed by atoms with van der Waals surface area (Å²) < 4.78 is 23.2. The Morgan fingerprint density at radius 3 is 2.71 bits per heavy atom. The number of carbonyl (C=O) groups excluding carboxylic acids is 2. The maximum Gasteiger partial charge on any atom is 0.229 e. The fourth-order valence-corrected chi connectivity index (χ4v) is 5.13. The highest BCUT2D eigenvalue weighted by molar-refractivity contribution is 7.91. The average Bonchev–Trinajstić information content (AvgIpc) is 3.06. The number of aryl methyl sites for hydroxylation is 1.